The first-order chi connectivity index (χ1) is 9.49. The summed E-state index contributed by atoms with van der Waals surface area (Å²) in [7, 11) is 1.99. The number of rotatable bonds is 4. The Hall–Kier alpha value is -1.63. The van der Waals surface area contributed by atoms with Gasteiger partial charge in [-0.3, -0.25) is 10.1 Å². The Morgan fingerprint density at radius 2 is 1.95 bits per heavy atom. The first-order valence-electron chi connectivity index (χ1n) is 6.18. The van der Waals surface area contributed by atoms with Gasteiger partial charge in [-0.15, -0.1) is 0 Å². The SMILES string of the molecule is Cc1ccccc1CN(C)c1ccc([N+](=O)[O-])c(I)c1. The van der Waals surface area contributed by atoms with Crippen LogP contribution in [0.5, 0.6) is 0 Å². The minimum Gasteiger partial charge on any atom is -0.370 e. The van der Waals surface area contributed by atoms with Crippen molar-refractivity contribution in [2.75, 3.05) is 11.9 Å². The molecule has 0 saturated carbocycles. The molecular formula is C15H15IN2O2. The van der Waals surface area contributed by atoms with Gasteiger partial charge in [0.2, 0.25) is 0 Å². The number of nitro benzene ring substituents is 1. The Kier molecular flexibility index (Phi) is 4.59. The Morgan fingerprint density at radius 3 is 2.55 bits per heavy atom. The zero-order valence-electron chi connectivity index (χ0n) is 11.3. The van der Waals surface area contributed by atoms with Gasteiger partial charge in [0, 0.05) is 25.3 Å². The molecule has 0 amide bonds. The highest BCUT2D eigenvalue weighted by molar-refractivity contribution is 14.1. The number of nitrogens with zero attached hydrogens (tertiary/aromatic N) is 2. The predicted molar refractivity (Wildman–Crippen MR) is 89.1 cm³/mol. The van der Waals surface area contributed by atoms with E-state index in [0.717, 1.165) is 12.2 Å². The average molecular weight is 382 g/mol. The van der Waals surface area contributed by atoms with Crippen LogP contribution >= 0.6 is 22.6 Å². The summed E-state index contributed by atoms with van der Waals surface area (Å²) >= 11 is 2.00. The van der Waals surface area contributed by atoms with Gasteiger partial charge in [0.05, 0.1) is 8.49 Å². The van der Waals surface area contributed by atoms with Crippen LogP contribution in [0.4, 0.5) is 11.4 Å². The molecule has 0 heterocycles. The maximum absolute atomic E-state index is 10.8. The minimum absolute atomic E-state index is 0.152. The van der Waals surface area contributed by atoms with Crippen molar-refractivity contribution in [2.24, 2.45) is 0 Å². The monoisotopic (exact) mass is 382 g/mol. The van der Waals surface area contributed by atoms with E-state index in [1.165, 1.54) is 11.1 Å². The standard InChI is InChI=1S/C15H15IN2O2/c1-11-5-3-4-6-12(11)10-17(2)13-7-8-15(18(19)20)14(16)9-13/h3-9H,10H2,1-2H3. The van der Waals surface area contributed by atoms with Crippen molar-refractivity contribution in [1.82, 2.24) is 0 Å². The van der Waals surface area contributed by atoms with Crippen LogP contribution in [-0.4, -0.2) is 12.0 Å². The number of hydrogen-bond donors (Lipinski definition) is 0. The molecule has 0 radical (unpaired) electrons. The third-order valence-corrected chi connectivity index (χ3v) is 4.10. The first-order valence-corrected chi connectivity index (χ1v) is 7.26. The van der Waals surface area contributed by atoms with Gasteiger partial charge in [-0.2, -0.15) is 0 Å². The molecule has 0 aromatic heterocycles. The second kappa shape index (κ2) is 6.21. The largest absolute Gasteiger partial charge is 0.370 e. The fourth-order valence-electron chi connectivity index (χ4n) is 2.02. The Balaban J connectivity index is 2.22. The molecule has 0 aliphatic carbocycles. The summed E-state index contributed by atoms with van der Waals surface area (Å²) < 4.78 is 0.654. The minimum atomic E-state index is -0.354. The van der Waals surface area contributed by atoms with E-state index in [1.807, 2.05) is 47.8 Å². The maximum atomic E-state index is 10.8. The molecule has 0 aliphatic rings. The van der Waals surface area contributed by atoms with E-state index in [0.29, 0.717) is 3.57 Å². The fraction of sp³-hybridized carbons (Fsp3) is 0.200. The molecule has 2 aromatic carbocycles. The molecule has 104 valence electrons. The van der Waals surface area contributed by atoms with Gasteiger partial charge in [0.1, 0.15) is 0 Å². The van der Waals surface area contributed by atoms with E-state index >= 15 is 0 Å². The Morgan fingerprint density at radius 1 is 1.25 bits per heavy atom. The fourth-order valence-corrected chi connectivity index (χ4v) is 2.71. The van der Waals surface area contributed by atoms with Crippen LogP contribution in [0.15, 0.2) is 42.5 Å². The molecule has 0 atom stereocenters. The van der Waals surface area contributed by atoms with E-state index in [9.17, 15) is 10.1 Å². The van der Waals surface area contributed by atoms with E-state index < -0.39 is 0 Å². The van der Waals surface area contributed by atoms with Crippen molar-refractivity contribution in [3.05, 3.63) is 67.3 Å². The Labute approximate surface area is 131 Å². The third-order valence-electron chi connectivity index (χ3n) is 3.24. The molecule has 2 rings (SSSR count). The number of nitro groups is 1. The van der Waals surface area contributed by atoms with Crippen LogP contribution in [0.2, 0.25) is 0 Å². The molecule has 2 aromatic rings. The lowest BCUT2D eigenvalue weighted by Gasteiger charge is -2.20. The van der Waals surface area contributed by atoms with E-state index in [-0.39, 0.29) is 10.6 Å². The number of aryl methyl sites for hydroxylation is 1. The second-order valence-corrected chi connectivity index (χ2v) is 5.84. The molecule has 5 heteroatoms. The highest BCUT2D eigenvalue weighted by atomic mass is 127. The second-order valence-electron chi connectivity index (χ2n) is 4.68. The van der Waals surface area contributed by atoms with E-state index in [1.54, 1.807) is 12.1 Å². The number of benzene rings is 2. The van der Waals surface area contributed by atoms with Crippen LogP contribution in [-0.2, 0) is 6.54 Å². The van der Waals surface area contributed by atoms with Crippen LogP contribution < -0.4 is 4.90 Å². The molecule has 0 aliphatic heterocycles. The molecule has 0 spiro atoms. The highest BCUT2D eigenvalue weighted by Gasteiger charge is 2.13. The van der Waals surface area contributed by atoms with Gasteiger partial charge in [-0.25, -0.2) is 0 Å². The van der Waals surface area contributed by atoms with Crippen LogP contribution in [0.25, 0.3) is 0 Å². The van der Waals surface area contributed by atoms with Crippen LogP contribution in [0.1, 0.15) is 11.1 Å². The van der Waals surface area contributed by atoms with Crippen molar-refractivity contribution >= 4 is 34.0 Å². The van der Waals surface area contributed by atoms with Gasteiger partial charge >= 0.3 is 0 Å². The lowest BCUT2D eigenvalue weighted by Crippen LogP contribution is -2.17. The van der Waals surface area contributed by atoms with Crippen LogP contribution in [0, 0.1) is 20.6 Å². The number of anilines is 1. The maximum Gasteiger partial charge on any atom is 0.282 e. The average Bonchev–Trinajstić information content (AvgIpc) is 2.40. The summed E-state index contributed by atoms with van der Waals surface area (Å²) in [5, 5.41) is 10.8. The lowest BCUT2D eigenvalue weighted by molar-refractivity contribution is -0.385. The van der Waals surface area contributed by atoms with Gasteiger partial charge in [0.25, 0.3) is 5.69 Å². The van der Waals surface area contributed by atoms with Crippen molar-refractivity contribution in [1.29, 1.82) is 0 Å². The number of halogens is 1. The van der Waals surface area contributed by atoms with Crippen LogP contribution in [0.3, 0.4) is 0 Å². The Bertz CT molecular complexity index is 644. The van der Waals surface area contributed by atoms with Crippen molar-refractivity contribution in [3.8, 4) is 0 Å². The third kappa shape index (κ3) is 3.27. The summed E-state index contributed by atoms with van der Waals surface area (Å²) in [6.45, 7) is 2.86. The topological polar surface area (TPSA) is 46.4 Å². The molecule has 0 bridgehead atoms. The molecule has 0 unspecified atom stereocenters. The molecular weight excluding hydrogens is 367 g/mol. The highest BCUT2D eigenvalue weighted by Crippen LogP contribution is 2.26. The normalized spacial score (nSPS) is 10.3. The summed E-state index contributed by atoms with van der Waals surface area (Å²) in [4.78, 5) is 12.6. The van der Waals surface area contributed by atoms with E-state index in [2.05, 4.69) is 24.0 Å². The zero-order chi connectivity index (χ0) is 14.7. The number of hydrogen-bond acceptors (Lipinski definition) is 3. The van der Waals surface area contributed by atoms with Crippen molar-refractivity contribution in [3.63, 3.8) is 0 Å². The predicted octanol–water partition coefficient (Wildman–Crippen LogP) is 4.14. The molecule has 0 saturated heterocycles. The summed E-state index contributed by atoms with van der Waals surface area (Å²) in [6, 6.07) is 13.4. The molecule has 20 heavy (non-hydrogen) atoms. The quantitative estimate of drug-likeness (QED) is 0.454. The van der Waals surface area contributed by atoms with Crippen molar-refractivity contribution < 1.29 is 4.92 Å². The summed E-state index contributed by atoms with van der Waals surface area (Å²) in [5.41, 5.74) is 3.63. The smallest absolute Gasteiger partial charge is 0.282 e. The summed E-state index contributed by atoms with van der Waals surface area (Å²) in [6.07, 6.45) is 0. The van der Waals surface area contributed by atoms with Crippen molar-refractivity contribution in [2.45, 2.75) is 13.5 Å². The summed E-state index contributed by atoms with van der Waals surface area (Å²) in [5.74, 6) is 0. The van der Waals surface area contributed by atoms with Gasteiger partial charge in [-0.05, 0) is 52.8 Å². The molecule has 0 fully saturated rings. The first kappa shape index (κ1) is 14.8. The zero-order valence-corrected chi connectivity index (χ0v) is 13.5. The van der Waals surface area contributed by atoms with Gasteiger partial charge in [-0.1, -0.05) is 24.3 Å². The molecule has 4 nitrogen and oxygen atoms in total. The van der Waals surface area contributed by atoms with E-state index in [4.69, 9.17) is 0 Å². The van der Waals surface area contributed by atoms with Gasteiger partial charge in [0.15, 0.2) is 0 Å². The molecule has 0 N–H and O–H groups in total. The van der Waals surface area contributed by atoms with Gasteiger partial charge < -0.3 is 4.90 Å². The lowest BCUT2D eigenvalue weighted by atomic mass is 10.1.